The molecule has 0 aliphatic rings. The molecule has 196 valence electrons. The Kier molecular flexibility index (Phi) is 8.41. The first kappa shape index (κ1) is 26.9. The number of amides is 1. The van der Waals surface area contributed by atoms with Crippen LogP contribution in [0.25, 0.3) is 0 Å². The van der Waals surface area contributed by atoms with Crippen LogP contribution in [0.5, 0.6) is 11.5 Å². The van der Waals surface area contributed by atoms with Crippen LogP contribution in [-0.4, -0.2) is 32.3 Å². The van der Waals surface area contributed by atoms with Crippen LogP contribution in [0, 0.1) is 10.1 Å². The van der Waals surface area contributed by atoms with Gasteiger partial charge in [0.2, 0.25) is 10.0 Å². The SMILES string of the molecule is O=C(c1ccco1)N(CCCNS(=O)(=O)c1ccc(Cl)c([N+](=O)[O-])c1)c1ccc(Oc2ccccc2)cc1. The van der Waals surface area contributed by atoms with Crippen LogP contribution >= 0.6 is 11.6 Å². The number of carbonyl (C=O) groups excluding carboxylic acids is 1. The summed E-state index contributed by atoms with van der Waals surface area (Å²) in [7, 11) is -4.05. The van der Waals surface area contributed by atoms with Crippen molar-refractivity contribution >= 4 is 38.9 Å². The van der Waals surface area contributed by atoms with E-state index in [1.54, 1.807) is 36.4 Å². The van der Waals surface area contributed by atoms with Crippen LogP contribution in [-0.2, 0) is 10.0 Å². The van der Waals surface area contributed by atoms with Crippen molar-refractivity contribution in [2.75, 3.05) is 18.0 Å². The summed E-state index contributed by atoms with van der Waals surface area (Å²) in [5.41, 5.74) is 0.0486. The molecule has 0 saturated carbocycles. The number of rotatable bonds is 11. The number of para-hydroxylation sites is 1. The Bertz CT molecular complexity index is 1510. The molecular formula is C26H22ClN3O7S. The Morgan fingerprint density at radius 2 is 1.71 bits per heavy atom. The zero-order valence-electron chi connectivity index (χ0n) is 19.8. The minimum Gasteiger partial charge on any atom is -0.459 e. The lowest BCUT2D eigenvalue weighted by Gasteiger charge is -2.22. The standard InChI is InChI=1S/C26H22ClN3O7S/c27-23-14-13-22(18-24(23)30(32)33)38(34,35)28-15-5-16-29(26(31)25-8-4-17-36-25)19-9-11-21(12-10-19)37-20-6-2-1-3-7-20/h1-4,6-14,17-18,28H,5,15-16H2. The van der Waals surface area contributed by atoms with Gasteiger partial charge in [-0.1, -0.05) is 29.8 Å². The molecule has 12 heteroatoms. The first-order valence-corrected chi connectivity index (χ1v) is 13.2. The second-order valence-corrected chi connectivity index (χ2v) is 10.1. The van der Waals surface area contributed by atoms with Gasteiger partial charge < -0.3 is 14.1 Å². The molecule has 0 aliphatic carbocycles. The number of nitrogens with zero attached hydrogens (tertiary/aromatic N) is 2. The fourth-order valence-electron chi connectivity index (χ4n) is 3.53. The molecule has 3 aromatic carbocycles. The van der Waals surface area contributed by atoms with Crippen LogP contribution < -0.4 is 14.4 Å². The first-order chi connectivity index (χ1) is 18.2. The van der Waals surface area contributed by atoms with Crippen LogP contribution in [0.1, 0.15) is 17.0 Å². The molecular weight excluding hydrogens is 534 g/mol. The number of hydrogen-bond donors (Lipinski definition) is 1. The number of sulfonamides is 1. The third-order valence-electron chi connectivity index (χ3n) is 5.38. The summed E-state index contributed by atoms with van der Waals surface area (Å²) < 4.78 is 38.8. The summed E-state index contributed by atoms with van der Waals surface area (Å²) in [6.07, 6.45) is 1.63. The second kappa shape index (κ2) is 11.9. The normalized spacial score (nSPS) is 11.2. The molecule has 10 nitrogen and oxygen atoms in total. The average Bonchev–Trinajstić information content (AvgIpc) is 3.45. The van der Waals surface area contributed by atoms with Crippen molar-refractivity contribution in [2.24, 2.45) is 0 Å². The number of benzene rings is 3. The number of carbonyl (C=O) groups is 1. The summed E-state index contributed by atoms with van der Waals surface area (Å²) >= 11 is 5.77. The van der Waals surface area contributed by atoms with Crippen molar-refractivity contribution in [3.8, 4) is 11.5 Å². The van der Waals surface area contributed by atoms with Crippen LogP contribution in [0.3, 0.4) is 0 Å². The smallest absolute Gasteiger partial charge is 0.293 e. The van der Waals surface area contributed by atoms with E-state index in [9.17, 15) is 23.3 Å². The second-order valence-electron chi connectivity index (χ2n) is 7.96. The van der Waals surface area contributed by atoms with Gasteiger partial charge in [0.25, 0.3) is 11.6 Å². The van der Waals surface area contributed by atoms with Gasteiger partial charge in [0.05, 0.1) is 16.1 Å². The Labute approximate surface area is 223 Å². The fraction of sp³-hybridized carbons (Fsp3) is 0.115. The van der Waals surface area contributed by atoms with E-state index in [1.807, 2.05) is 30.3 Å². The molecule has 38 heavy (non-hydrogen) atoms. The molecule has 1 N–H and O–H groups in total. The molecule has 1 heterocycles. The van der Waals surface area contributed by atoms with Crippen molar-refractivity contribution in [3.63, 3.8) is 0 Å². The highest BCUT2D eigenvalue weighted by Gasteiger charge is 2.22. The highest BCUT2D eigenvalue weighted by molar-refractivity contribution is 7.89. The van der Waals surface area contributed by atoms with Crippen molar-refractivity contribution in [1.82, 2.24) is 4.72 Å². The Balaban J connectivity index is 1.44. The van der Waals surface area contributed by atoms with Crippen molar-refractivity contribution in [2.45, 2.75) is 11.3 Å². The van der Waals surface area contributed by atoms with E-state index < -0.39 is 26.5 Å². The van der Waals surface area contributed by atoms with Gasteiger partial charge >= 0.3 is 0 Å². The molecule has 0 spiro atoms. The maximum atomic E-state index is 13.1. The third kappa shape index (κ3) is 6.57. The number of nitrogens with one attached hydrogen (secondary N) is 1. The molecule has 0 bridgehead atoms. The molecule has 4 aromatic rings. The average molecular weight is 556 g/mol. The van der Waals surface area contributed by atoms with Gasteiger partial charge in [0.1, 0.15) is 16.5 Å². The lowest BCUT2D eigenvalue weighted by molar-refractivity contribution is -0.384. The molecule has 0 unspecified atom stereocenters. The van der Waals surface area contributed by atoms with Gasteiger partial charge in [-0.2, -0.15) is 0 Å². The molecule has 0 saturated heterocycles. The van der Waals surface area contributed by atoms with E-state index in [4.69, 9.17) is 20.8 Å². The highest BCUT2D eigenvalue weighted by Crippen LogP contribution is 2.28. The van der Waals surface area contributed by atoms with E-state index in [1.165, 1.54) is 17.2 Å². The van der Waals surface area contributed by atoms with Crippen LogP contribution in [0.15, 0.2) is 101 Å². The zero-order chi connectivity index (χ0) is 27.1. The summed E-state index contributed by atoms with van der Waals surface area (Å²) in [4.78, 5) is 24.6. The molecule has 0 atom stereocenters. The Hall–Kier alpha value is -4.19. The zero-order valence-corrected chi connectivity index (χ0v) is 21.4. The first-order valence-electron chi connectivity index (χ1n) is 11.4. The molecule has 1 aromatic heterocycles. The molecule has 1 amide bonds. The van der Waals surface area contributed by atoms with Crippen LogP contribution in [0.2, 0.25) is 5.02 Å². The maximum absolute atomic E-state index is 13.1. The monoisotopic (exact) mass is 555 g/mol. The van der Waals surface area contributed by atoms with E-state index in [-0.39, 0.29) is 35.2 Å². The number of hydrogen-bond acceptors (Lipinski definition) is 7. The molecule has 0 aliphatic heterocycles. The van der Waals surface area contributed by atoms with Crippen molar-refractivity contribution in [3.05, 3.63) is 112 Å². The van der Waals surface area contributed by atoms with Crippen molar-refractivity contribution < 1.29 is 27.3 Å². The largest absolute Gasteiger partial charge is 0.459 e. The summed E-state index contributed by atoms with van der Waals surface area (Å²) in [5.74, 6) is 0.976. The fourth-order valence-corrected chi connectivity index (χ4v) is 4.81. The minimum absolute atomic E-state index is 0.0319. The van der Waals surface area contributed by atoms with E-state index in [0.717, 1.165) is 12.1 Å². The minimum atomic E-state index is -4.05. The van der Waals surface area contributed by atoms with Gasteiger partial charge in [0.15, 0.2) is 5.76 Å². The molecule has 0 radical (unpaired) electrons. The lowest BCUT2D eigenvalue weighted by Crippen LogP contribution is -2.34. The van der Waals surface area contributed by atoms with Crippen molar-refractivity contribution in [1.29, 1.82) is 0 Å². The summed E-state index contributed by atoms with van der Waals surface area (Å²) in [5, 5.41) is 10.9. The molecule has 4 rings (SSSR count). The van der Waals surface area contributed by atoms with Gasteiger partial charge in [-0.05, 0) is 67.1 Å². The van der Waals surface area contributed by atoms with Gasteiger partial charge in [0, 0.05) is 24.8 Å². The number of ether oxygens (including phenoxy) is 1. The summed E-state index contributed by atoms with van der Waals surface area (Å²) in [6.45, 7) is 0.123. The number of halogens is 1. The Morgan fingerprint density at radius 3 is 2.37 bits per heavy atom. The predicted octanol–water partition coefficient (Wildman–Crippen LogP) is 5.65. The topological polar surface area (TPSA) is 132 Å². The number of furan rings is 1. The Morgan fingerprint density at radius 1 is 1.00 bits per heavy atom. The highest BCUT2D eigenvalue weighted by atomic mass is 35.5. The number of anilines is 1. The number of nitro groups is 1. The number of nitro benzene ring substituents is 1. The van der Waals surface area contributed by atoms with Gasteiger partial charge in [-0.15, -0.1) is 0 Å². The van der Waals surface area contributed by atoms with E-state index in [2.05, 4.69) is 4.72 Å². The maximum Gasteiger partial charge on any atom is 0.293 e. The van der Waals surface area contributed by atoms with E-state index >= 15 is 0 Å². The lowest BCUT2D eigenvalue weighted by atomic mass is 10.2. The van der Waals surface area contributed by atoms with E-state index in [0.29, 0.717) is 17.2 Å². The quantitative estimate of drug-likeness (QED) is 0.144. The predicted molar refractivity (Wildman–Crippen MR) is 141 cm³/mol. The third-order valence-corrected chi connectivity index (χ3v) is 7.16. The van der Waals surface area contributed by atoms with Gasteiger partial charge in [-0.3, -0.25) is 14.9 Å². The molecule has 0 fully saturated rings. The van der Waals surface area contributed by atoms with Crippen LogP contribution in [0.4, 0.5) is 11.4 Å². The van der Waals surface area contributed by atoms with Gasteiger partial charge in [-0.25, -0.2) is 13.1 Å². The summed E-state index contributed by atoms with van der Waals surface area (Å²) in [6, 6.07) is 22.5.